The fourth-order valence-electron chi connectivity index (χ4n) is 1.59. The molecule has 6 nitrogen and oxygen atoms in total. The van der Waals surface area contributed by atoms with Gasteiger partial charge in [0.05, 0.1) is 6.26 Å². The van der Waals surface area contributed by atoms with E-state index < -0.39 is 0 Å². The van der Waals surface area contributed by atoms with E-state index in [0.29, 0.717) is 10.1 Å². The van der Waals surface area contributed by atoms with Crippen molar-refractivity contribution in [3.05, 3.63) is 29.2 Å². The van der Waals surface area contributed by atoms with Gasteiger partial charge in [-0.25, -0.2) is 0 Å². The first-order valence-corrected chi connectivity index (χ1v) is 6.85. The third-order valence-electron chi connectivity index (χ3n) is 2.61. The topological polar surface area (TPSA) is 80.0 Å². The van der Waals surface area contributed by atoms with Gasteiger partial charge in [-0.3, -0.25) is 4.79 Å². The van der Waals surface area contributed by atoms with E-state index in [2.05, 4.69) is 20.8 Å². The van der Waals surface area contributed by atoms with Crippen LogP contribution >= 0.6 is 11.3 Å². The predicted molar refractivity (Wildman–Crippen MR) is 73.4 cm³/mol. The summed E-state index contributed by atoms with van der Waals surface area (Å²) in [6, 6.07) is 3.84. The third kappa shape index (κ3) is 3.78. The van der Waals surface area contributed by atoms with Crippen molar-refractivity contribution in [2.24, 2.45) is 0 Å². The molecule has 0 radical (unpaired) electrons. The summed E-state index contributed by atoms with van der Waals surface area (Å²) in [5.74, 6) is 0.737. The molecule has 2 aromatic rings. The van der Waals surface area contributed by atoms with Gasteiger partial charge in [0.1, 0.15) is 5.76 Å². The minimum absolute atomic E-state index is 0.0551. The lowest BCUT2D eigenvalue weighted by Crippen LogP contribution is -2.32. The molecule has 2 rings (SSSR count). The van der Waals surface area contributed by atoms with Crippen LogP contribution in [0.3, 0.4) is 0 Å². The average Bonchev–Trinajstić information content (AvgIpc) is 3.07. The second-order valence-corrected chi connectivity index (χ2v) is 5.13. The van der Waals surface area contributed by atoms with Crippen molar-refractivity contribution in [2.75, 3.05) is 12.4 Å². The number of nitrogens with zero attached hydrogens (tertiary/aromatic N) is 2. The van der Waals surface area contributed by atoms with E-state index in [1.807, 2.05) is 19.1 Å². The van der Waals surface area contributed by atoms with Crippen molar-refractivity contribution in [3.63, 3.8) is 0 Å². The number of aryl methyl sites for hydroxylation is 1. The molecule has 0 bridgehead atoms. The second kappa shape index (κ2) is 6.33. The van der Waals surface area contributed by atoms with Gasteiger partial charge in [-0.05, 0) is 25.5 Å². The van der Waals surface area contributed by atoms with Gasteiger partial charge < -0.3 is 15.1 Å². The van der Waals surface area contributed by atoms with Gasteiger partial charge in [-0.2, -0.15) is 0 Å². The molecular formula is C12H16N4O2S. The van der Waals surface area contributed by atoms with Crippen molar-refractivity contribution in [1.29, 1.82) is 0 Å². The number of hydrogen-bond acceptors (Lipinski definition) is 6. The fourth-order valence-corrected chi connectivity index (χ4v) is 2.19. The summed E-state index contributed by atoms with van der Waals surface area (Å²) < 4.78 is 5.25. The van der Waals surface area contributed by atoms with Crippen molar-refractivity contribution in [1.82, 2.24) is 15.5 Å². The Morgan fingerprint density at radius 3 is 3.00 bits per heavy atom. The predicted octanol–water partition coefficient (Wildman–Crippen LogP) is 1.92. The fraction of sp³-hybridized carbons (Fsp3) is 0.417. The Balaban J connectivity index is 1.81. The highest BCUT2D eigenvalue weighted by atomic mass is 32.1. The molecule has 1 atom stereocenters. The molecule has 1 unspecified atom stereocenters. The molecule has 2 N–H and O–H groups in total. The standard InChI is InChI=1S/C12H16N4O2S/c1-8(5-6-9-4-3-7-18-9)14-10(17)11-15-16-12(13-2)19-11/h3-4,7-8H,5-6H2,1-2H3,(H,13,16)(H,14,17). The van der Waals surface area contributed by atoms with Gasteiger partial charge in [0.15, 0.2) is 0 Å². The Kier molecular flexibility index (Phi) is 4.51. The molecule has 0 aliphatic rings. The van der Waals surface area contributed by atoms with Crippen molar-refractivity contribution in [2.45, 2.75) is 25.8 Å². The molecule has 0 aliphatic heterocycles. The van der Waals surface area contributed by atoms with Crippen LogP contribution < -0.4 is 10.6 Å². The van der Waals surface area contributed by atoms with Crippen LogP contribution in [0, 0.1) is 0 Å². The highest BCUT2D eigenvalue weighted by Gasteiger charge is 2.14. The quantitative estimate of drug-likeness (QED) is 0.845. The molecule has 2 heterocycles. The summed E-state index contributed by atoms with van der Waals surface area (Å²) in [6.45, 7) is 1.96. The highest BCUT2D eigenvalue weighted by Crippen LogP contribution is 2.14. The van der Waals surface area contributed by atoms with Gasteiger partial charge in [0, 0.05) is 19.5 Å². The molecule has 0 spiro atoms. The van der Waals surface area contributed by atoms with Crippen LogP contribution in [0.1, 0.15) is 28.9 Å². The molecule has 0 aliphatic carbocycles. The van der Waals surface area contributed by atoms with Crippen LogP contribution in [0.25, 0.3) is 0 Å². The molecule has 102 valence electrons. The Morgan fingerprint density at radius 2 is 2.37 bits per heavy atom. The van der Waals surface area contributed by atoms with Crippen LogP contribution in [0.5, 0.6) is 0 Å². The molecule has 2 aromatic heterocycles. The second-order valence-electron chi connectivity index (χ2n) is 4.15. The van der Waals surface area contributed by atoms with E-state index in [9.17, 15) is 4.79 Å². The zero-order chi connectivity index (χ0) is 13.7. The summed E-state index contributed by atoms with van der Waals surface area (Å²) >= 11 is 1.23. The zero-order valence-corrected chi connectivity index (χ0v) is 11.7. The van der Waals surface area contributed by atoms with Crippen molar-refractivity contribution < 1.29 is 9.21 Å². The summed E-state index contributed by atoms with van der Waals surface area (Å²) in [6.07, 6.45) is 3.27. The summed E-state index contributed by atoms with van der Waals surface area (Å²) in [7, 11) is 1.74. The molecule has 19 heavy (non-hydrogen) atoms. The Morgan fingerprint density at radius 1 is 1.53 bits per heavy atom. The first-order chi connectivity index (χ1) is 9.19. The lowest BCUT2D eigenvalue weighted by Gasteiger charge is -2.11. The van der Waals surface area contributed by atoms with E-state index >= 15 is 0 Å². The lowest BCUT2D eigenvalue weighted by molar-refractivity contribution is 0.0937. The monoisotopic (exact) mass is 280 g/mol. The number of carbonyl (C=O) groups excluding carboxylic acids is 1. The number of aromatic nitrogens is 2. The molecular weight excluding hydrogens is 264 g/mol. The van der Waals surface area contributed by atoms with E-state index in [4.69, 9.17) is 4.42 Å². The van der Waals surface area contributed by atoms with Crippen molar-refractivity contribution in [3.8, 4) is 0 Å². The molecule has 7 heteroatoms. The van der Waals surface area contributed by atoms with Gasteiger partial charge in [0.2, 0.25) is 10.1 Å². The normalized spacial score (nSPS) is 12.1. The van der Waals surface area contributed by atoms with Gasteiger partial charge >= 0.3 is 0 Å². The highest BCUT2D eigenvalue weighted by molar-refractivity contribution is 7.17. The molecule has 1 amide bonds. The first kappa shape index (κ1) is 13.5. The molecule has 0 aromatic carbocycles. The average molecular weight is 280 g/mol. The maximum atomic E-state index is 11.9. The van der Waals surface area contributed by atoms with E-state index in [-0.39, 0.29) is 11.9 Å². The molecule has 0 fully saturated rings. The lowest BCUT2D eigenvalue weighted by atomic mass is 10.1. The number of hydrogen-bond donors (Lipinski definition) is 2. The number of amides is 1. The maximum absolute atomic E-state index is 11.9. The first-order valence-electron chi connectivity index (χ1n) is 6.03. The minimum atomic E-state index is -0.189. The molecule has 0 saturated carbocycles. The zero-order valence-electron chi connectivity index (χ0n) is 10.8. The number of furan rings is 1. The van der Waals surface area contributed by atoms with Gasteiger partial charge in [0.25, 0.3) is 5.91 Å². The van der Waals surface area contributed by atoms with Crippen LogP contribution in [0.2, 0.25) is 0 Å². The smallest absolute Gasteiger partial charge is 0.282 e. The Hall–Kier alpha value is -1.89. The number of rotatable bonds is 6. The number of nitrogens with one attached hydrogen (secondary N) is 2. The summed E-state index contributed by atoms with van der Waals surface area (Å²) in [5, 5.41) is 14.4. The van der Waals surface area contributed by atoms with E-state index in [1.165, 1.54) is 11.3 Å². The minimum Gasteiger partial charge on any atom is -0.469 e. The van der Waals surface area contributed by atoms with E-state index in [1.54, 1.807) is 13.3 Å². The van der Waals surface area contributed by atoms with Gasteiger partial charge in [-0.15, -0.1) is 10.2 Å². The van der Waals surface area contributed by atoms with Crippen LogP contribution in [-0.4, -0.2) is 29.2 Å². The third-order valence-corrected chi connectivity index (χ3v) is 3.55. The summed E-state index contributed by atoms with van der Waals surface area (Å²) in [4.78, 5) is 11.9. The van der Waals surface area contributed by atoms with Gasteiger partial charge in [-0.1, -0.05) is 11.3 Å². The van der Waals surface area contributed by atoms with Crippen LogP contribution in [-0.2, 0) is 6.42 Å². The Labute approximate surface area is 115 Å². The largest absolute Gasteiger partial charge is 0.469 e. The number of carbonyl (C=O) groups is 1. The Bertz CT molecular complexity index is 524. The SMILES string of the molecule is CNc1nnc(C(=O)NC(C)CCc2ccco2)s1. The summed E-state index contributed by atoms with van der Waals surface area (Å²) in [5.41, 5.74) is 0. The van der Waals surface area contributed by atoms with Crippen LogP contribution in [0.4, 0.5) is 5.13 Å². The van der Waals surface area contributed by atoms with Crippen LogP contribution in [0.15, 0.2) is 22.8 Å². The maximum Gasteiger partial charge on any atom is 0.282 e. The number of anilines is 1. The molecule has 0 saturated heterocycles. The van der Waals surface area contributed by atoms with E-state index in [0.717, 1.165) is 18.6 Å². The van der Waals surface area contributed by atoms with Crippen molar-refractivity contribution >= 4 is 22.4 Å².